The van der Waals surface area contributed by atoms with Crippen LogP contribution in [0.4, 0.5) is 5.95 Å². The summed E-state index contributed by atoms with van der Waals surface area (Å²) in [6.07, 6.45) is 9.29. The summed E-state index contributed by atoms with van der Waals surface area (Å²) in [7, 11) is -4.33. The fourth-order valence-electron chi connectivity index (χ4n) is 4.42. The van der Waals surface area contributed by atoms with Gasteiger partial charge < -0.3 is 23.8 Å². The Kier molecular flexibility index (Phi) is 8.03. The van der Waals surface area contributed by atoms with Gasteiger partial charge in [0.05, 0.1) is 12.8 Å². The molecule has 228 valence electrons. The minimum absolute atomic E-state index is 0.110. The molecule has 4 aromatic heterocycles. The van der Waals surface area contributed by atoms with Crippen molar-refractivity contribution in [1.29, 1.82) is 0 Å². The Morgan fingerprint density at radius 2 is 1.84 bits per heavy atom. The fourth-order valence-corrected chi connectivity index (χ4v) is 6.39. The molecule has 0 fully saturated rings. The first kappa shape index (κ1) is 30.2. The second-order valence-electron chi connectivity index (χ2n) is 10.7. The van der Waals surface area contributed by atoms with Crippen LogP contribution in [0.15, 0.2) is 76.9 Å². The first-order valence-corrected chi connectivity index (χ1v) is 17.6. The largest absolute Gasteiger partial charge is 0.506 e. The van der Waals surface area contributed by atoms with Crippen LogP contribution in [0, 0.1) is 6.92 Å². The van der Waals surface area contributed by atoms with Crippen LogP contribution < -0.4 is 9.04 Å². The van der Waals surface area contributed by atoms with Gasteiger partial charge in [-0.1, -0.05) is 12.1 Å². The third kappa shape index (κ3) is 5.85. The maximum absolute atomic E-state index is 14.4. The molecule has 0 amide bonds. The molecule has 0 bridgehead atoms. The Balaban J connectivity index is 1.72. The minimum Gasteiger partial charge on any atom is -0.506 e. The monoisotopic (exact) mass is 626 g/mol. The number of furan rings is 1. The number of anilines is 1. The van der Waals surface area contributed by atoms with Crippen LogP contribution in [0.2, 0.25) is 0 Å². The Morgan fingerprint density at radius 1 is 1.07 bits per heavy atom. The van der Waals surface area contributed by atoms with Crippen molar-refractivity contribution in [2.24, 2.45) is 0 Å². The molecule has 0 aliphatic heterocycles. The molecule has 0 saturated heterocycles. The van der Waals surface area contributed by atoms with Gasteiger partial charge in [0.25, 0.3) is 0 Å². The van der Waals surface area contributed by atoms with E-state index < -0.39 is 31.4 Å². The van der Waals surface area contributed by atoms with Crippen molar-refractivity contribution >= 4 is 31.6 Å². The SMILES string of the molecule is COc1cccc(O)c1-n1c(-c2ccc(C)o2)nnc1N(/C=C/S(C)(C)C)S(=O)(=O)[C@@H](C)[C@H](O)c1cn2ccccc2n1. The first-order chi connectivity index (χ1) is 20.3. The molecule has 1 aromatic carbocycles. The maximum Gasteiger partial charge on any atom is 0.250 e. The highest BCUT2D eigenvalue weighted by molar-refractivity contribution is 8.34. The summed E-state index contributed by atoms with van der Waals surface area (Å²) in [5.74, 6) is 0.893. The Morgan fingerprint density at radius 3 is 2.49 bits per heavy atom. The molecule has 14 heteroatoms. The average Bonchev–Trinajstić information content (AvgIpc) is 3.69. The molecule has 0 unspecified atom stereocenters. The summed E-state index contributed by atoms with van der Waals surface area (Å²) in [5, 5.41) is 31.4. The number of methoxy groups -OCH3 is 1. The molecule has 0 aliphatic rings. The lowest BCUT2D eigenvalue weighted by Gasteiger charge is -2.28. The fraction of sp³-hybridized carbons (Fsp3) is 0.276. The van der Waals surface area contributed by atoms with Gasteiger partial charge >= 0.3 is 0 Å². The molecule has 2 atom stereocenters. The van der Waals surface area contributed by atoms with E-state index in [0.29, 0.717) is 17.2 Å². The van der Waals surface area contributed by atoms with E-state index in [1.54, 1.807) is 65.5 Å². The van der Waals surface area contributed by atoms with Crippen LogP contribution in [0.5, 0.6) is 11.5 Å². The van der Waals surface area contributed by atoms with Gasteiger partial charge in [-0.25, -0.2) is 27.7 Å². The summed E-state index contributed by atoms with van der Waals surface area (Å²) in [4.78, 5) is 4.43. The maximum atomic E-state index is 14.4. The molecule has 4 heterocycles. The zero-order valence-electron chi connectivity index (χ0n) is 24.6. The van der Waals surface area contributed by atoms with Crippen molar-refractivity contribution in [3.05, 3.63) is 84.0 Å². The summed E-state index contributed by atoms with van der Waals surface area (Å²) in [6, 6.07) is 13.5. The predicted molar refractivity (Wildman–Crippen MR) is 168 cm³/mol. The highest BCUT2D eigenvalue weighted by Gasteiger charge is 2.39. The van der Waals surface area contributed by atoms with Gasteiger partial charge in [0.2, 0.25) is 21.8 Å². The number of phenols is 1. The number of sulfonamides is 1. The van der Waals surface area contributed by atoms with E-state index in [1.807, 2.05) is 24.8 Å². The van der Waals surface area contributed by atoms with Gasteiger partial charge in [0.1, 0.15) is 39.9 Å². The molecule has 0 aliphatic carbocycles. The van der Waals surface area contributed by atoms with Crippen LogP contribution >= 0.6 is 10.0 Å². The van der Waals surface area contributed by atoms with E-state index in [4.69, 9.17) is 9.15 Å². The van der Waals surface area contributed by atoms with E-state index in [0.717, 1.165) is 4.31 Å². The lowest BCUT2D eigenvalue weighted by Crippen LogP contribution is -2.38. The van der Waals surface area contributed by atoms with Crippen molar-refractivity contribution < 1.29 is 27.8 Å². The van der Waals surface area contributed by atoms with E-state index in [-0.39, 0.29) is 34.7 Å². The Hall–Kier alpha value is -4.27. The number of fused-ring (bicyclic) bond motifs is 1. The number of hydrogen-bond donors (Lipinski definition) is 2. The number of pyridine rings is 1. The number of aromatic nitrogens is 5. The number of aryl methyl sites for hydroxylation is 1. The van der Waals surface area contributed by atoms with Gasteiger partial charge in [-0.3, -0.25) is 4.57 Å². The minimum atomic E-state index is -4.40. The van der Waals surface area contributed by atoms with Crippen molar-refractivity contribution in [3.63, 3.8) is 0 Å². The van der Waals surface area contributed by atoms with Crippen molar-refractivity contribution in [1.82, 2.24) is 24.1 Å². The second-order valence-corrected chi connectivity index (χ2v) is 17.0. The number of benzene rings is 1. The van der Waals surface area contributed by atoms with Crippen LogP contribution in [0.1, 0.15) is 24.5 Å². The number of aromatic hydroxyl groups is 1. The number of rotatable bonds is 10. The van der Waals surface area contributed by atoms with Gasteiger partial charge in [-0.15, -0.1) is 10.2 Å². The van der Waals surface area contributed by atoms with Crippen LogP contribution in [-0.4, -0.2) is 73.9 Å². The normalized spacial score (nSPS) is 14.3. The number of aliphatic hydroxyl groups excluding tert-OH is 1. The van der Waals surface area contributed by atoms with Gasteiger partial charge in [-0.05, 0) is 74.4 Å². The predicted octanol–water partition coefficient (Wildman–Crippen LogP) is 4.62. The van der Waals surface area contributed by atoms with E-state index in [1.165, 1.54) is 30.9 Å². The number of ether oxygens (including phenoxy) is 1. The molecule has 12 nitrogen and oxygen atoms in total. The van der Waals surface area contributed by atoms with Crippen molar-refractivity contribution in [3.8, 4) is 28.8 Å². The number of hydrogen-bond acceptors (Lipinski definition) is 9. The summed E-state index contributed by atoms with van der Waals surface area (Å²) in [5.41, 5.74) is 0.876. The highest BCUT2D eigenvalue weighted by Crippen LogP contribution is 2.41. The lowest BCUT2D eigenvalue weighted by atomic mass is 10.2. The molecule has 0 saturated carbocycles. The first-order valence-electron chi connectivity index (χ1n) is 13.2. The van der Waals surface area contributed by atoms with Crippen LogP contribution in [0.25, 0.3) is 22.9 Å². The van der Waals surface area contributed by atoms with Gasteiger partial charge in [-0.2, -0.15) is 0 Å². The lowest BCUT2D eigenvalue weighted by molar-refractivity contribution is 0.172. The van der Waals surface area contributed by atoms with E-state index in [2.05, 4.69) is 15.2 Å². The van der Waals surface area contributed by atoms with Crippen molar-refractivity contribution in [2.75, 3.05) is 30.2 Å². The second kappa shape index (κ2) is 11.4. The summed E-state index contributed by atoms with van der Waals surface area (Å²) < 4.78 is 44.3. The molecule has 43 heavy (non-hydrogen) atoms. The number of para-hydroxylation sites is 1. The average molecular weight is 627 g/mol. The summed E-state index contributed by atoms with van der Waals surface area (Å²) in [6.45, 7) is 3.17. The molecule has 5 aromatic rings. The van der Waals surface area contributed by atoms with Crippen LogP contribution in [0.3, 0.4) is 0 Å². The molecule has 0 spiro atoms. The zero-order chi connectivity index (χ0) is 31.1. The van der Waals surface area contributed by atoms with Crippen molar-refractivity contribution in [2.45, 2.75) is 25.2 Å². The van der Waals surface area contributed by atoms with Crippen LogP contribution in [-0.2, 0) is 10.0 Å². The molecule has 5 rings (SSSR count). The molecule has 2 N–H and O–H groups in total. The number of nitrogens with zero attached hydrogens (tertiary/aromatic N) is 6. The number of imidazole rings is 1. The third-order valence-corrected chi connectivity index (χ3v) is 9.67. The number of phenolic OH excluding ortho intramolecular Hbond substituents is 1. The smallest absolute Gasteiger partial charge is 0.250 e. The Bertz CT molecular complexity index is 1870. The number of aliphatic hydroxyl groups is 1. The topological polar surface area (TPSA) is 148 Å². The molecular weight excluding hydrogens is 592 g/mol. The van der Waals surface area contributed by atoms with E-state index in [9.17, 15) is 18.6 Å². The van der Waals surface area contributed by atoms with Gasteiger partial charge in [0, 0.05) is 18.6 Å². The quantitative estimate of drug-likeness (QED) is 0.227. The highest BCUT2D eigenvalue weighted by atomic mass is 32.3. The molecule has 0 radical (unpaired) electrons. The Labute approximate surface area is 251 Å². The zero-order valence-corrected chi connectivity index (χ0v) is 26.2. The summed E-state index contributed by atoms with van der Waals surface area (Å²) >= 11 is 0. The third-order valence-electron chi connectivity index (χ3n) is 6.70. The van der Waals surface area contributed by atoms with E-state index >= 15 is 0 Å². The van der Waals surface area contributed by atoms with Gasteiger partial charge in [0.15, 0.2) is 5.76 Å². The standard InChI is InChI=1S/C29H34N6O6S2/c1-19-13-14-24(41-19)28-31-32-29(35(28)26-22(36)10-9-11-23(26)40-3)34(16-17-42(4,5)6)43(38,39)20(2)27(37)21-18-33-15-8-7-12-25(33)30-21/h7-18,20,27,36-37H,1-6H3/b17-16+/t20-,27-/m0/s1. The molecular formula is C29H34N6O6S2.